The molecule has 0 saturated heterocycles. The largest absolute Gasteiger partial charge is 0.350 e. The summed E-state index contributed by atoms with van der Waals surface area (Å²) in [5, 5.41) is 10.3. The van der Waals surface area contributed by atoms with Crippen LogP contribution >= 0.6 is 11.8 Å². The number of aromatic nitrogens is 7. The summed E-state index contributed by atoms with van der Waals surface area (Å²) in [7, 11) is 1.85. The Morgan fingerprint density at radius 1 is 1.26 bits per heavy atom. The van der Waals surface area contributed by atoms with Gasteiger partial charge in [-0.1, -0.05) is 6.07 Å². The maximum atomic E-state index is 12.2. The molecular weight excluding hydrogens is 314 g/mol. The SMILES string of the molecule is Cn1ncc2c(SCCn3nc4ccccn4c3=O)ncnc21. The molecule has 0 fully saturated rings. The molecule has 0 amide bonds. The Hall–Kier alpha value is -2.68. The molecule has 0 spiro atoms. The van der Waals surface area contributed by atoms with Crippen LogP contribution < -0.4 is 5.69 Å². The fraction of sp³-hybridized carbons (Fsp3) is 0.214. The zero-order valence-corrected chi connectivity index (χ0v) is 13.1. The molecule has 0 N–H and O–H groups in total. The number of thioether (sulfide) groups is 1. The third-order valence-corrected chi connectivity index (χ3v) is 4.51. The molecule has 0 aliphatic carbocycles. The number of rotatable bonds is 4. The van der Waals surface area contributed by atoms with Gasteiger partial charge in [0.25, 0.3) is 0 Å². The predicted molar refractivity (Wildman–Crippen MR) is 86.5 cm³/mol. The molecular formula is C14H13N7OS. The minimum atomic E-state index is -0.129. The molecule has 0 aliphatic rings. The van der Waals surface area contributed by atoms with Gasteiger partial charge < -0.3 is 0 Å². The monoisotopic (exact) mass is 327 g/mol. The standard InChI is InChI=1S/C14H13N7OS/c1-19-12-10(8-17-19)13(16-9-15-12)23-7-6-21-14(22)20-5-3-2-4-11(20)18-21/h2-5,8-9H,6-7H2,1H3. The average Bonchev–Trinajstić information content (AvgIpc) is 3.10. The molecule has 0 saturated carbocycles. The minimum absolute atomic E-state index is 0.129. The number of nitrogens with zero attached hydrogens (tertiary/aromatic N) is 7. The van der Waals surface area contributed by atoms with E-state index in [1.54, 1.807) is 28.8 Å². The van der Waals surface area contributed by atoms with Crippen LogP contribution in [0.2, 0.25) is 0 Å². The van der Waals surface area contributed by atoms with Gasteiger partial charge in [0, 0.05) is 19.0 Å². The van der Waals surface area contributed by atoms with Gasteiger partial charge in [-0.25, -0.2) is 19.4 Å². The van der Waals surface area contributed by atoms with Crippen molar-refractivity contribution in [3.63, 3.8) is 0 Å². The van der Waals surface area contributed by atoms with E-state index < -0.39 is 0 Å². The van der Waals surface area contributed by atoms with E-state index in [9.17, 15) is 4.79 Å². The van der Waals surface area contributed by atoms with Gasteiger partial charge in [0.15, 0.2) is 11.3 Å². The fourth-order valence-electron chi connectivity index (χ4n) is 2.40. The summed E-state index contributed by atoms with van der Waals surface area (Å²) in [5.41, 5.74) is 1.32. The second-order valence-corrected chi connectivity index (χ2v) is 6.05. The Morgan fingerprint density at radius 2 is 2.17 bits per heavy atom. The van der Waals surface area contributed by atoms with Crippen molar-refractivity contribution < 1.29 is 0 Å². The zero-order valence-electron chi connectivity index (χ0n) is 12.3. The zero-order chi connectivity index (χ0) is 15.8. The van der Waals surface area contributed by atoms with E-state index in [2.05, 4.69) is 20.2 Å². The molecule has 23 heavy (non-hydrogen) atoms. The highest BCUT2D eigenvalue weighted by molar-refractivity contribution is 7.99. The van der Waals surface area contributed by atoms with Crippen molar-refractivity contribution in [2.75, 3.05) is 5.75 Å². The highest BCUT2D eigenvalue weighted by Gasteiger charge is 2.10. The van der Waals surface area contributed by atoms with E-state index in [-0.39, 0.29) is 5.69 Å². The maximum Gasteiger partial charge on any atom is 0.350 e. The topological polar surface area (TPSA) is 82.9 Å². The lowest BCUT2D eigenvalue weighted by Crippen LogP contribution is -2.22. The van der Waals surface area contributed by atoms with Gasteiger partial charge in [-0.15, -0.1) is 16.9 Å². The first-order valence-corrected chi connectivity index (χ1v) is 8.02. The van der Waals surface area contributed by atoms with Gasteiger partial charge in [-0.3, -0.25) is 9.08 Å². The Bertz CT molecular complexity index is 1050. The van der Waals surface area contributed by atoms with Crippen LogP contribution in [0.25, 0.3) is 16.7 Å². The molecule has 4 aromatic rings. The van der Waals surface area contributed by atoms with Crippen molar-refractivity contribution in [2.24, 2.45) is 7.05 Å². The highest BCUT2D eigenvalue weighted by atomic mass is 32.2. The van der Waals surface area contributed by atoms with Gasteiger partial charge in [0.05, 0.1) is 18.1 Å². The molecule has 9 heteroatoms. The van der Waals surface area contributed by atoms with Crippen molar-refractivity contribution in [3.8, 4) is 0 Å². The van der Waals surface area contributed by atoms with Gasteiger partial charge in [-0.2, -0.15) is 5.10 Å². The summed E-state index contributed by atoms with van der Waals surface area (Å²) in [6.45, 7) is 0.511. The Kier molecular flexibility index (Phi) is 3.34. The molecule has 4 rings (SSSR count). The fourth-order valence-corrected chi connectivity index (χ4v) is 3.28. The Labute approximate surface area is 134 Å². The Balaban J connectivity index is 1.55. The van der Waals surface area contributed by atoms with E-state index in [1.807, 2.05) is 25.2 Å². The number of aryl methyl sites for hydroxylation is 2. The molecule has 116 valence electrons. The smallest absolute Gasteiger partial charge is 0.250 e. The second kappa shape index (κ2) is 5.51. The normalized spacial score (nSPS) is 11.5. The van der Waals surface area contributed by atoms with Crippen molar-refractivity contribution >= 4 is 28.4 Å². The lowest BCUT2D eigenvalue weighted by molar-refractivity contribution is 0.639. The van der Waals surface area contributed by atoms with Gasteiger partial charge in [0.2, 0.25) is 0 Å². The lowest BCUT2D eigenvalue weighted by atomic mass is 10.4. The molecule has 0 unspecified atom stereocenters. The number of pyridine rings is 1. The highest BCUT2D eigenvalue weighted by Crippen LogP contribution is 2.23. The van der Waals surface area contributed by atoms with Crippen LogP contribution in [0.15, 0.2) is 46.7 Å². The van der Waals surface area contributed by atoms with E-state index in [0.717, 1.165) is 16.1 Å². The summed E-state index contributed by atoms with van der Waals surface area (Å²) in [6, 6.07) is 5.49. The van der Waals surface area contributed by atoms with Crippen LogP contribution in [0, 0.1) is 0 Å². The number of hydrogen-bond acceptors (Lipinski definition) is 6. The molecule has 0 aliphatic heterocycles. The minimum Gasteiger partial charge on any atom is -0.250 e. The summed E-state index contributed by atoms with van der Waals surface area (Å²) in [5.74, 6) is 0.685. The molecule has 0 aromatic carbocycles. The van der Waals surface area contributed by atoms with Crippen LogP contribution in [0.4, 0.5) is 0 Å². The third kappa shape index (κ3) is 2.38. The van der Waals surface area contributed by atoms with E-state index in [0.29, 0.717) is 17.9 Å². The Morgan fingerprint density at radius 3 is 3.04 bits per heavy atom. The second-order valence-electron chi connectivity index (χ2n) is 4.97. The van der Waals surface area contributed by atoms with Gasteiger partial charge in [0.1, 0.15) is 11.4 Å². The predicted octanol–water partition coefficient (Wildman–Crippen LogP) is 0.965. The van der Waals surface area contributed by atoms with Crippen LogP contribution in [-0.4, -0.2) is 39.7 Å². The van der Waals surface area contributed by atoms with Crippen molar-refractivity contribution in [3.05, 3.63) is 47.4 Å². The quantitative estimate of drug-likeness (QED) is 0.410. The summed E-state index contributed by atoms with van der Waals surface area (Å²) >= 11 is 1.56. The summed E-state index contributed by atoms with van der Waals surface area (Å²) in [6.07, 6.45) is 5.01. The van der Waals surface area contributed by atoms with Gasteiger partial charge >= 0.3 is 5.69 Å². The number of fused-ring (bicyclic) bond motifs is 2. The summed E-state index contributed by atoms with van der Waals surface area (Å²) < 4.78 is 4.73. The number of hydrogen-bond donors (Lipinski definition) is 0. The van der Waals surface area contributed by atoms with Gasteiger partial charge in [-0.05, 0) is 12.1 Å². The third-order valence-electron chi connectivity index (χ3n) is 3.52. The van der Waals surface area contributed by atoms with E-state index in [4.69, 9.17) is 0 Å². The van der Waals surface area contributed by atoms with Crippen LogP contribution in [-0.2, 0) is 13.6 Å². The average molecular weight is 327 g/mol. The first kappa shape index (κ1) is 13.9. The van der Waals surface area contributed by atoms with E-state index >= 15 is 0 Å². The molecule has 0 atom stereocenters. The van der Waals surface area contributed by atoms with Crippen molar-refractivity contribution in [1.29, 1.82) is 0 Å². The summed E-state index contributed by atoms with van der Waals surface area (Å²) in [4.78, 5) is 20.7. The lowest BCUT2D eigenvalue weighted by Gasteiger charge is -2.01. The molecule has 0 radical (unpaired) electrons. The van der Waals surface area contributed by atoms with Crippen LogP contribution in [0.3, 0.4) is 0 Å². The van der Waals surface area contributed by atoms with Crippen LogP contribution in [0.5, 0.6) is 0 Å². The van der Waals surface area contributed by atoms with Crippen molar-refractivity contribution in [2.45, 2.75) is 11.6 Å². The van der Waals surface area contributed by atoms with Crippen LogP contribution in [0.1, 0.15) is 0 Å². The molecule has 0 bridgehead atoms. The maximum absolute atomic E-state index is 12.2. The first-order chi connectivity index (χ1) is 11.2. The molecule has 4 heterocycles. The van der Waals surface area contributed by atoms with E-state index in [1.165, 1.54) is 15.4 Å². The van der Waals surface area contributed by atoms with Crippen molar-refractivity contribution in [1.82, 2.24) is 33.9 Å². The molecule has 8 nitrogen and oxygen atoms in total. The first-order valence-electron chi connectivity index (χ1n) is 7.04. The molecule has 4 aromatic heterocycles.